The Morgan fingerprint density at radius 1 is 1.40 bits per heavy atom. The fourth-order valence-electron chi connectivity index (χ4n) is 2.14. The highest BCUT2D eigenvalue weighted by atomic mass is 79.9. The molecular formula is C12H17BrCl2N2O2S. The molecule has 1 fully saturated rings. The van der Waals surface area contributed by atoms with E-state index in [-0.39, 0.29) is 29.4 Å². The molecular weight excluding hydrogens is 387 g/mol. The molecule has 2 atom stereocenters. The molecule has 2 rings (SSSR count). The van der Waals surface area contributed by atoms with Gasteiger partial charge in [-0.3, -0.25) is 0 Å². The Hall–Kier alpha value is 0.150. The zero-order chi connectivity index (χ0) is 14.2. The van der Waals surface area contributed by atoms with Gasteiger partial charge in [-0.1, -0.05) is 11.6 Å². The molecule has 4 nitrogen and oxygen atoms in total. The number of hydrogen-bond acceptors (Lipinski definition) is 3. The summed E-state index contributed by atoms with van der Waals surface area (Å²) in [6.45, 7) is 5.03. The van der Waals surface area contributed by atoms with E-state index in [0.717, 1.165) is 0 Å². The van der Waals surface area contributed by atoms with Gasteiger partial charge in [0, 0.05) is 29.6 Å². The molecule has 0 saturated carbocycles. The first kappa shape index (κ1) is 18.2. The topological polar surface area (TPSA) is 49.4 Å². The fraction of sp³-hybridized carbons (Fsp3) is 0.500. The van der Waals surface area contributed by atoms with E-state index in [4.69, 9.17) is 11.6 Å². The molecule has 0 radical (unpaired) electrons. The molecule has 8 heteroatoms. The van der Waals surface area contributed by atoms with E-state index in [2.05, 4.69) is 21.2 Å². The summed E-state index contributed by atoms with van der Waals surface area (Å²) in [6, 6.07) is 4.77. The van der Waals surface area contributed by atoms with Gasteiger partial charge < -0.3 is 5.32 Å². The van der Waals surface area contributed by atoms with E-state index in [1.165, 1.54) is 10.4 Å². The number of nitrogens with one attached hydrogen (secondary N) is 1. The average Bonchev–Trinajstić information content (AvgIpc) is 2.35. The lowest BCUT2D eigenvalue weighted by atomic mass is 10.1. The molecule has 0 aliphatic carbocycles. The van der Waals surface area contributed by atoms with Crippen LogP contribution in [0.4, 0.5) is 0 Å². The first-order chi connectivity index (χ1) is 8.84. The van der Waals surface area contributed by atoms with Gasteiger partial charge in [-0.25, -0.2) is 8.42 Å². The molecule has 1 aromatic rings. The number of hydrogen-bond donors (Lipinski definition) is 1. The maximum Gasteiger partial charge on any atom is 0.243 e. The van der Waals surface area contributed by atoms with Crippen molar-refractivity contribution in [1.29, 1.82) is 0 Å². The third-order valence-corrected chi connectivity index (χ3v) is 6.69. The predicted molar refractivity (Wildman–Crippen MR) is 87.2 cm³/mol. The summed E-state index contributed by atoms with van der Waals surface area (Å²) < 4.78 is 27.5. The Morgan fingerprint density at radius 3 is 2.65 bits per heavy atom. The lowest BCUT2D eigenvalue weighted by Gasteiger charge is -2.37. The van der Waals surface area contributed by atoms with Crippen LogP contribution in [0.2, 0.25) is 5.02 Å². The molecule has 0 aromatic heterocycles. The van der Waals surface area contributed by atoms with Gasteiger partial charge in [0.2, 0.25) is 10.0 Å². The zero-order valence-electron chi connectivity index (χ0n) is 11.1. The molecule has 0 bridgehead atoms. The standard InChI is InChI=1S/C12H16BrClN2O2S.ClH/c1-8-9(2)16(6-5-15-8)19(17,18)10-3-4-11(13)12(14)7-10;/h3-4,7-9,15H,5-6H2,1-2H3;1H. The summed E-state index contributed by atoms with van der Waals surface area (Å²) in [5.41, 5.74) is 0. The summed E-state index contributed by atoms with van der Waals surface area (Å²) >= 11 is 9.24. The molecule has 1 aliphatic rings. The third-order valence-electron chi connectivity index (χ3n) is 3.47. The van der Waals surface area contributed by atoms with Crippen molar-refractivity contribution in [1.82, 2.24) is 9.62 Å². The van der Waals surface area contributed by atoms with Crippen LogP contribution < -0.4 is 5.32 Å². The Bertz CT molecular complexity index is 583. The Morgan fingerprint density at radius 2 is 2.05 bits per heavy atom. The van der Waals surface area contributed by atoms with E-state index < -0.39 is 10.0 Å². The van der Waals surface area contributed by atoms with Crippen LogP contribution >= 0.6 is 39.9 Å². The van der Waals surface area contributed by atoms with E-state index in [9.17, 15) is 8.42 Å². The van der Waals surface area contributed by atoms with Crippen molar-refractivity contribution in [3.05, 3.63) is 27.7 Å². The molecule has 1 aromatic carbocycles. The van der Waals surface area contributed by atoms with Crippen molar-refractivity contribution in [3.8, 4) is 0 Å². The first-order valence-electron chi connectivity index (χ1n) is 6.04. The molecule has 0 spiro atoms. The van der Waals surface area contributed by atoms with Gasteiger partial charge >= 0.3 is 0 Å². The summed E-state index contributed by atoms with van der Waals surface area (Å²) in [6.07, 6.45) is 0. The van der Waals surface area contributed by atoms with E-state index >= 15 is 0 Å². The maximum atomic E-state index is 12.6. The van der Waals surface area contributed by atoms with Crippen LogP contribution in [0.25, 0.3) is 0 Å². The van der Waals surface area contributed by atoms with Gasteiger partial charge in [0.25, 0.3) is 0 Å². The second-order valence-corrected chi connectivity index (χ2v) is 7.83. The van der Waals surface area contributed by atoms with Crippen molar-refractivity contribution in [2.24, 2.45) is 0 Å². The number of benzene rings is 1. The molecule has 114 valence electrons. The highest BCUT2D eigenvalue weighted by Gasteiger charge is 2.34. The molecule has 20 heavy (non-hydrogen) atoms. The number of halogens is 3. The van der Waals surface area contributed by atoms with Crippen LogP contribution in [-0.2, 0) is 10.0 Å². The highest BCUT2D eigenvalue weighted by molar-refractivity contribution is 9.10. The summed E-state index contributed by atoms with van der Waals surface area (Å²) in [5.74, 6) is 0. The maximum absolute atomic E-state index is 12.6. The molecule has 1 aliphatic heterocycles. The predicted octanol–water partition coefficient (Wildman–Crippen LogP) is 2.90. The minimum absolute atomic E-state index is 0. The van der Waals surface area contributed by atoms with E-state index in [1.807, 2.05) is 13.8 Å². The fourth-order valence-corrected chi connectivity index (χ4v) is 4.36. The number of rotatable bonds is 2. The van der Waals surface area contributed by atoms with Crippen LogP contribution in [0, 0.1) is 0 Å². The Balaban J connectivity index is 0.00000200. The molecule has 1 saturated heterocycles. The van der Waals surface area contributed by atoms with Gasteiger partial charge in [0.05, 0.1) is 9.92 Å². The third kappa shape index (κ3) is 3.48. The van der Waals surface area contributed by atoms with Crippen LogP contribution in [0.1, 0.15) is 13.8 Å². The lowest BCUT2D eigenvalue weighted by molar-refractivity contribution is 0.233. The molecule has 1 heterocycles. The van der Waals surface area contributed by atoms with E-state index in [0.29, 0.717) is 22.6 Å². The second-order valence-electron chi connectivity index (χ2n) is 4.68. The Labute approximate surface area is 139 Å². The number of piperazine rings is 1. The molecule has 2 unspecified atom stereocenters. The minimum Gasteiger partial charge on any atom is -0.311 e. The first-order valence-corrected chi connectivity index (χ1v) is 8.65. The van der Waals surface area contributed by atoms with Crippen molar-refractivity contribution in [3.63, 3.8) is 0 Å². The minimum atomic E-state index is -3.50. The summed E-state index contributed by atoms with van der Waals surface area (Å²) in [7, 11) is -3.50. The lowest BCUT2D eigenvalue weighted by Crippen LogP contribution is -2.57. The Kier molecular flexibility index (Phi) is 6.32. The number of sulfonamides is 1. The second kappa shape index (κ2) is 6.94. The van der Waals surface area contributed by atoms with Gasteiger partial charge in [0.1, 0.15) is 0 Å². The van der Waals surface area contributed by atoms with Crippen molar-refractivity contribution < 1.29 is 8.42 Å². The van der Waals surface area contributed by atoms with Crippen LogP contribution in [-0.4, -0.2) is 37.9 Å². The highest BCUT2D eigenvalue weighted by Crippen LogP contribution is 2.28. The molecule has 1 N–H and O–H groups in total. The van der Waals surface area contributed by atoms with Gasteiger partial charge in [-0.2, -0.15) is 4.31 Å². The number of nitrogens with zero attached hydrogens (tertiary/aromatic N) is 1. The van der Waals surface area contributed by atoms with Gasteiger partial charge in [-0.05, 0) is 48.0 Å². The largest absolute Gasteiger partial charge is 0.311 e. The van der Waals surface area contributed by atoms with Gasteiger partial charge in [0.15, 0.2) is 0 Å². The van der Waals surface area contributed by atoms with Crippen LogP contribution in [0.5, 0.6) is 0 Å². The van der Waals surface area contributed by atoms with Crippen molar-refractivity contribution in [2.75, 3.05) is 13.1 Å². The van der Waals surface area contributed by atoms with Crippen molar-refractivity contribution in [2.45, 2.75) is 30.8 Å². The summed E-state index contributed by atoms with van der Waals surface area (Å²) in [4.78, 5) is 0.238. The smallest absolute Gasteiger partial charge is 0.243 e. The monoisotopic (exact) mass is 402 g/mol. The quantitative estimate of drug-likeness (QED) is 0.825. The van der Waals surface area contributed by atoms with E-state index in [1.54, 1.807) is 12.1 Å². The van der Waals surface area contributed by atoms with Gasteiger partial charge in [-0.15, -0.1) is 12.4 Å². The molecule has 0 amide bonds. The average molecular weight is 404 g/mol. The normalized spacial score (nSPS) is 24.2. The summed E-state index contributed by atoms with van der Waals surface area (Å²) in [5, 5.41) is 3.67. The van der Waals surface area contributed by atoms with Crippen LogP contribution in [0.15, 0.2) is 27.6 Å². The van der Waals surface area contributed by atoms with Crippen LogP contribution in [0.3, 0.4) is 0 Å². The zero-order valence-corrected chi connectivity index (χ0v) is 15.1. The SMILES string of the molecule is CC1NCCN(S(=O)(=O)c2ccc(Br)c(Cl)c2)C1C.Cl. The van der Waals surface area contributed by atoms with Crippen molar-refractivity contribution >= 4 is 50.0 Å².